The van der Waals surface area contributed by atoms with Gasteiger partial charge in [0.15, 0.2) is 11.5 Å². The molecule has 1 N–H and O–H groups in total. The van der Waals surface area contributed by atoms with E-state index < -0.39 is 0 Å². The van der Waals surface area contributed by atoms with Crippen molar-refractivity contribution in [1.29, 1.82) is 5.41 Å². The van der Waals surface area contributed by atoms with Gasteiger partial charge in [-0.1, -0.05) is 6.07 Å². The van der Waals surface area contributed by atoms with Crippen molar-refractivity contribution in [1.82, 2.24) is 14.5 Å². The highest BCUT2D eigenvalue weighted by molar-refractivity contribution is 7.18. The number of fused-ring (bicyclic) bond motifs is 3. The van der Waals surface area contributed by atoms with E-state index in [9.17, 15) is 0 Å². The molecule has 4 rings (SSSR count). The van der Waals surface area contributed by atoms with Crippen molar-refractivity contribution in [2.45, 2.75) is 25.9 Å². The molecule has 0 spiro atoms. The summed E-state index contributed by atoms with van der Waals surface area (Å²) in [5.74, 6) is 1.46. The van der Waals surface area contributed by atoms with Crippen LogP contribution in [0.3, 0.4) is 0 Å². The van der Waals surface area contributed by atoms with Crippen LogP contribution in [0.25, 0.3) is 10.2 Å². The number of likely N-dealkylation sites (N-methyl/N-ethyl adjacent to an activating group) is 1. The molecular weight excluding hydrogens is 360 g/mol. The molecule has 0 unspecified atom stereocenters. The Morgan fingerprint density at radius 3 is 2.81 bits per heavy atom. The molecule has 1 aromatic carbocycles. The third-order valence-corrected chi connectivity index (χ3v) is 6.28. The molecule has 1 aliphatic heterocycles. The highest BCUT2D eigenvalue weighted by Crippen LogP contribution is 2.32. The van der Waals surface area contributed by atoms with Gasteiger partial charge in [-0.2, -0.15) is 0 Å². The van der Waals surface area contributed by atoms with Crippen LogP contribution in [0.5, 0.6) is 11.5 Å². The van der Waals surface area contributed by atoms with E-state index in [2.05, 4.69) is 16.9 Å². The van der Waals surface area contributed by atoms with Crippen LogP contribution in [0.15, 0.2) is 24.5 Å². The van der Waals surface area contributed by atoms with Gasteiger partial charge in [-0.3, -0.25) is 5.41 Å². The summed E-state index contributed by atoms with van der Waals surface area (Å²) in [6.45, 7) is 2.71. The maximum atomic E-state index is 8.73. The largest absolute Gasteiger partial charge is 0.493 e. The minimum absolute atomic E-state index is 0.572. The van der Waals surface area contributed by atoms with Gasteiger partial charge in [0.25, 0.3) is 0 Å². The summed E-state index contributed by atoms with van der Waals surface area (Å²) in [6, 6.07) is 5.96. The fraction of sp³-hybridized carbons (Fsp3) is 0.400. The van der Waals surface area contributed by atoms with Crippen LogP contribution >= 0.6 is 11.3 Å². The Morgan fingerprint density at radius 1 is 1.22 bits per heavy atom. The average Bonchev–Trinajstić information content (AvgIpc) is 3.05. The molecule has 0 saturated carbocycles. The number of aryl methyl sites for hydroxylation is 2. The Kier molecular flexibility index (Phi) is 4.88. The van der Waals surface area contributed by atoms with Gasteiger partial charge in [-0.15, -0.1) is 11.3 Å². The summed E-state index contributed by atoms with van der Waals surface area (Å²) in [7, 11) is 5.43. The molecule has 2 aromatic heterocycles. The number of methoxy groups -OCH3 is 2. The molecule has 27 heavy (non-hydrogen) atoms. The topological polar surface area (TPSA) is 63.4 Å². The van der Waals surface area contributed by atoms with Gasteiger partial charge in [-0.25, -0.2) is 4.98 Å². The first kappa shape index (κ1) is 18.0. The molecular formula is C20H24N4O2S. The van der Waals surface area contributed by atoms with Gasteiger partial charge < -0.3 is 18.9 Å². The highest BCUT2D eigenvalue weighted by Gasteiger charge is 2.21. The van der Waals surface area contributed by atoms with Crippen LogP contribution < -0.4 is 15.0 Å². The molecule has 6 nitrogen and oxygen atoms in total. The predicted molar refractivity (Wildman–Crippen MR) is 107 cm³/mol. The summed E-state index contributed by atoms with van der Waals surface area (Å²) >= 11 is 1.73. The maximum absolute atomic E-state index is 8.73. The maximum Gasteiger partial charge on any atom is 0.160 e. The number of ether oxygens (including phenoxy) is 2. The number of thiophene rings is 1. The van der Waals surface area contributed by atoms with Gasteiger partial charge in [0.1, 0.15) is 10.3 Å². The second kappa shape index (κ2) is 7.32. The van der Waals surface area contributed by atoms with Crippen molar-refractivity contribution in [2.75, 3.05) is 27.8 Å². The molecule has 0 radical (unpaired) electrons. The number of nitrogens with one attached hydrogen (secondary N) is 1. The van der Waals surface area contributed by atoms with E-state index in [1.807, 2.05) is 22.8 Å². The molecule has 3 aromatic rings. The van der Waals surface area contributed by atoms with Gasteiger partial charge in [0.05, 0.1) is 25.9 Å². The summed E-state index contributed by atoms with van der Waals surface area (Å²) < 4.78 is 12.6. The normalized spacial score (nSPS) is 14.3. The van der Waals surface area contributed by atoms with Crippen LogP contribution in [-0.4, -0.2) is 42.3 Å². The molecule has 3 heterocycles. The number of rotatable bonds is 5. The van der Waals surface area contributed by atoms with Gasteiger partial charge in [0, 0.05) is 24.5 Å². The number of hydrogen-bond acceptors (Lipinski definition) is 6. The number of nitrogens with zero attached hydrogens (tertiary/aromatic N) is 3. The first-order valence-corrected chi connectivity index (χ1v) is 9.86. The highest BCUT2D eigenvalue weighted by atomic mass is 32.1. The lowest BCUT2D eigenvalue weighted by Gasteiger charge is -2.22. The first-order valence-electron chi connectivity index (χ1n) is 9.04. The van der Waals surface area contributed by atoms with E-state index in [1.165, 1.54) is 10.4 Å². The standard InChI is InChI=1S/C20H24N4O2S/c1-23-8-7-14-17(11-23)27-20-18(14)19(21)24(12-22-20)9-6-13-4-5-15(25-2)16(10-13)26-3/h4-5,10,12,21H,6-9,11H2,1-3H3. The smallest absolute Gasteiger partial charge is 0.160 e. The Bertz CT molecular complexity index is 1040. The van der Waals surface area contributed by atoms with E-state index in [4.69, 9.17) is 14.9 Å². The molecule has 0 aliphatic carbocycles. The summed E-state index contributed by atoms with van der Waals surface area (Å²) in [5.41, 5.74) is 3.04. The van der Waals surface area contributed by atoms with E-state index in [1.54, 1.807) is 31.9 Å². The minimum Gasteiger partial charge on any atom is -0.493 e. The Balaban J connectivity index is 1.61. The van der Waals surface area contributed by atoms with E-state index >= 15 is 0 Å². The fourth-order valence-electron chi connectivity index (χ4n) is 3.63. The molecule has 0 atom stereocenters. The zero-order valence-corrected chi connectivity index (χ0v) is 16.7. The van der Waals surface area contributed by atoms with Crippen LogP contribution in [0, 0.1) is 5.41 Å². The van der Waals surface area contributed by atoms with E-state index in [0.717, 1.165) is 53.2 Å². The minimum atomic E-state index is 0.572. The lowest BCUT2D eigenvalue weighted by molar-refractivity contribution is 0.318. The predicted octanol–water partition coefficient (Wildman–Crippen LogP) is 2.83. The van der Waals surface area contributed by atoms with Crippen molar-refractivity contribution in [3.63, 3.8) is 0 Å². The number of benzene rings is 1. The van der Waals surface area contributed by atoms with Crippen molar-refractivity contribution in [2.24, 2.45) is 0 Å². The van der Waals surface area contributed by atoms with Crippen LogP contribution in [0.1, 0.15) is 16.0 Å². The van der Waals surface area contributed by atoms with Gasteiger partial charge >= 0.3 is 0 Å². The Morgan fingerprint density at radius 2 is 2.04 bits per heavy atom. The van der Waals surface area contributed by atoms with Gasteiger partial charge in [-0.05, 0) is 43.1 Å². The van der Waals surface area contributed by atoms with Crippen molar-refractivity contribution < 1.29 is 9.47 Å². The summed E-state index contributed by atoms with van der Waals surface area (Å²) in [4.78, 5) is 9.32. The second-order valence-electron chi connectivity index (χ2n) is 6.90. The zero-order valence-electron chi connectivity index (χ0n) is 15.9. The van der Waals surface area contributed by atoms with Crippen molar-refractivity contribution in [3.8, 4) is 11.5 Å². The Labute approximate surface area is 162 Å². The van der Waals surface area contributed by atoms with Crippen molar-refractivity contribution >= 4 is 21.6 Å². The van der Waals surface area contributed by atoms with E-state index in [-0.39, 0.29) is 0 Å². The summed E-state index contributed by atoms with van der Waals surface area (Å²) in [5, 5.41) is 9.77. The molecule has 1 aliphatic rings. The second-order valence-corrected chi connectivity index (χ2v) is 7.98. The third-order valence-electron chi connectivity index (χ3n) is 5.16. The van der Waals surface area contributed by atoms with Gasteiger partial charge in [0.2, 0.25) is 0 Å². The molecule has 0 saturated heterocycles. The Hall–Kier alpha value is -2.38. The average molecular weight is 385 g/mol. The molecule has 142 valence electrons. The monoisotopic (exact) mass is 384 g/mol. The molecule has 0 bridgehead atoms. The lowest BCUT2D eigenvalue weighted by atomic mass is 10.1. The van der Waals surface area contributed by atoms with Crippen molar-refractivity contribution in [3.05, 3.63) is 46.0 Å². The van der Waals surface area contributed by atoms with Crippen LogP contribution in [-0.2, 0) is 25.9 Å². The quantitative estimate of drug-likeness (QED) is 0.735. The van der Waals surface area contributed by atoms with E-state index in [0.29, 0.717) is 12.0 Å². The molecule has 0 fully saturated rings. The van der Waals surface area contributed by atoms with Crippen LogP contribution in [0.4, 0.5) is 0 Å². The summed E-state index contributed by atoms with van der Waals surface area (Å²) in [6.07, 6.45) is 3.61. The lowest BCUT2D eigenvalue weighted by Crippen LogP contribution is -2.27. The zero-order chi connectivity index (χ0) is 19.0. The van der Waals surface area contributed by atoms with Crippen LogP contribution in [0.2, 0.25) is 0 Å². The number of aromatic nitrogens is 2. The SMILES string of the molecule is COc1ccc(CCn2cnc3sc4c(c3c2=N)CCN(C)C4)cc1OC. The fourth-order valence-corrected chi connectivity index (χ4v) is 4.90. The first-order chi connectivity index (χ1) is 13.1. The third kappa shape index (κ3) is 3.33. The molecule has 0 amide bonds. The number of hydrogen-bond donors (Lipinski definition) is 1. The molecule has 7 heteroatoms.